The van der Waals surface area contributed by atoms with Crippen LogP contribution in [0.15, 0.2) is 0 Å². The Morgan fingerprint density at radius 3 is 2.21 bits per heavy atom. The Hall–Kier alpha value is -1.10. The average molecular weight is 262 g/mol. The highest BCUT2D eigenvalue weighted by atomic mass is 16.5. The van der Waals surface area contributed by atoms with Gasteiger partial charge in [-0.3, -0.25) is 4.57 Å². The van der Waals surface area contributed by atoms with E-state index in [9.17, 15) is 0 Å². The number of hydrogen-bond acceptors (Lipinski definition) is 4. The van der Waals surface area contributed by atoms with Gasteiger partial charge in [-0.15, -0.1) is 5.10 Å². The summed E-state index contributed by atoms with van der Waals surface area (Å²) >= 11 is 0. The van der Waals surface area contributed by atoms with Gasteiger partial charge in [0.15, 0.2) is 0 Å². The van der Waals surface area contributed by atoms with E-state index >= 15 is 0 Å². The fourth-order valence-corrected chi connectivity index (χ4v) is 5.38. The summed E-state index contributed by atoms with van der Waals surface area (Å²) in [7, 11) is 1.68. The monoisotopic (exact) mass is 262 g/mol. The molecule has 4 fully saturated rings. The van der Waals surface area contributed by atoms with Gasteiger partial charge in [0.25, 0.3) is 0 Å². The molecule has 5 rings (SSSR count). The molecule has 0 unspecified atom stereocenters. The number of nitrogens with zero attached hydrogens (tertiary/aromatic N) is 3. The Bertz CT molecular complexity index is 439. The zero-order chi connectivity index (χ0) is 13.0. The van der Waals surface area contributed by atoms with Crippen LogP contribution in [0, 0.1) is 17.8 Å². The van der Waals surface area contributed by atoms with Gasteiger partial charge in [-0.05, 0) is 56.3 Å². The second-order valence-corrected chi connectivity index (χ2v) is 6.78. The summed E-state index contributed by atoms with van der Waals surface area (Å²) in [6.45, 7) is 0.443. The van der Waals surface area contributed by atoms with Crippen LogP contribution in [0.25, 0.3) is 0 Å². The van der Waals surface area contributed by atoms with Crippen LogP contribution in [-0.4, -0.2) is 21.9 Å². The summed E-state index contributed by atoms with van der Waals surface area (Å²) in [5, 5.41) is 8.40. The molecule has 4 bridgehead atoms. The van der Waals surface area contributed by atoms with E-state index in [2.05, 4.69) is 14.8 Å². The maximum atomic E-state index is 5.86. The molecule has 0 aromatic carbocycles. The van der Waals surface area contributed by atoms with Gasteiger partial charge in [-0.2, -0.15) is 0 Å². The lowest BCUT2D eigenvalue weighted by atomic mass is 9.53. The second-order valence-electron chi connectivity index (χ2n) is 6.78. The van der Waals surface area contributed by atoms with Crippen molar-refractivity contribution in [2.24, 2.45) is 23.5 Å². The van der Waals surface area contributed by atoms with E-state index in [1.54, 1.807) is 7.11 Å². The molecule has 5 nitrogen and oxygen atoms in total. The van der Waals surface area contributed by atoms with Crippen LogP contribution in [-0.2, 0) is 12.1 Å². The number of methoxy groups -OCH3 is 1. The maximum absolute atomic E-state index is 5.86. The van der Waals surface area contributed by atoms with Gasteiger partial charge in [0.2, 0.25) is 0 Å². The lowest BCUT2D eigenvalue weighted by molar-refractivity contribution is -0.0475. The quantitative estimate of drug-likeness (QED) is 0.900. The summed E-state index contributed by atoms with van der Waals surface area (Å²) in [5.41, 5.74) is 6.05. The molecule has 0 spiro atoms. The lowest BCUT2D eigenvalue weighted by Gasteiger charge is -2.57. The van der Waals surface area contributed by atoms with Crippen molar-refractivity contribution in [2.75, 3.05) is 7.11 Å². The number of hydrogen-bond donors (Lipinski definition) is 1. The first-order chi connectivity index (χ1) is 9.24. The number of ether oxygens (including phenoxy) is 1. The Kier molecular flexibility index (Phi) is 2.43. The maximum Gasteiger partial charge on any atom is 0.317 e. The molecule has 1 aromatic rings. The lowest BCUT2D eigenvalue weighted by Crippen LogP contribution is -2.52. The van der Waals surface area contributed by atoms with Gasteiger partial charge in [0, 0.05) is 0 Å². The molecule has 0 saturated heterocycles. The van der Waals surface area contributed by atoms with Crippen LogP contribution in [0.1, 0.15) is 44.3 Å². The molecule has 2 N–H and O–H groups in total. The second kappa shape index (κ2) is 3.95. The van der Waals surface area contributed by atoms with Gasteiger partial charge in [-0.1, -0.05) is 5.10 Å². The fraction of sp³-hybridized carbons (Fsp3) is 0.857. The molecular weight excluding hydrogens is 240 g/mol. The van der Waals surface area contributed by atoms with Crippen LogP contribution in [0.5, 0.6) is 6.01 Å². The summed E-state index contributed by atoms with van der Waals surface area (Å²) in [4.78, 5) is 0. The molecule has 0 amide bonds. The van der Waals surface area contributed by atoms with Crippen LogP contribution >= 0.6 is 0 Å². The van der Waals surface area contributed by atoms with E-state index in [1.165, 1.54) is 38.5 Å². The Morgan fingerprint density at radius 2 is 1.74 bits per heavy atom. The summed E-state index contributed by atoms with van der Waals surface area (Å²) < 4.78 is 7.70. The van der Waals surface area contributed by atoms with Gasteiger partial charge < -0.3 is 10.5 Å². The molecule has 4 aliphatic rings. The van der Waals surface area contributed by atoms with E-state index in [0.29, 0.717) is 12.6 Å². The van der Waals surface area contributed by atoms with Crippen molar-refractivity contribution >= 4 is 0 Å². The Balaban J connectivity index is 1.81. The van der Waals surface area contributed by atoms with Gasteiger partial charge in [0.1, 0.15) is 5.82 Å². The summed E-state index contributed by atoms with van der Waals surface area (Å²) in [6, 6.07) is 0.655. The van der Waals surface area contributed by atoms with Gasteiger partial charge in [0.05, 0.1) is 19.2 Å². The smallest absolute Gasteiger partial charge is 0.317 e. The third-order valence-electron chi connectivity index (χ3n) is 5.55. The van der Waals surface area contributed by atoms with Crippen molar-refractivity contribution in [1.82, 2.24) is 14.8 Å². The van der Waals surface area contributed by atoms with Crippen LogP contribution in [0.2, 0.25) is 0 Å². The highest BCUT2D eigenvalue weighted by molar-refractivity contribution is 5.14. The normalized spacial score (nSPS) is 39.8. The molecule has 5 heteroatoms. The number of rotatable bonds is 3. The molecule has 0 radical (unpaired) electrons. The largest absolute Gasteiger partial charge is 0.467 e. The fourth-order valence-electron chi connectivity index (χ4n) is 5.38. The molecule has 0 aliphatic heterocycles. The van der Waals surface area contributed by atoms with E-state index in [-0.39, 0.29) is 5.54 Å². The molecule has 104 valence electrons. The first-order valence-corrected chi connectivity index (χ1v) is 7.43. The Labute approximate surface area is 113 Å². The molecule has 4 saturated carbocycles. The minimum Gasteiger partial charge on any atom is -0.467 e. The number of nitrogens with two attached hydrogens (primary N) is 1. The van der Waals surface area contributed by atoms with Crippen LogP contribution in [0.4, 0.5) is 0 Å². The predicted molar refractivity (Wildman–Crippen MR) is 70.6 cm³/mol. The Morgan fingerprint density at radius 1 is 1.16 bits per heavy atom. The molecular formula is C14H22N4O. The zero-order valence-electron chi connectivity index (χ0n) is 11.5. The van der Waals surface area contributed by atoms with E-state index < -0.39 is 0 Å². The first-order valence-electron chi connectivity index (χ1n) is 7.43. The van der Waals surface area contributed by atoms with E-state index in [1.807, 2.05) is 0 Å². The standard InChI is InChI=1S/C14H22N4O/c1-19-13-17-16-12(8-15)18(13)14-5-9-2-10(6-14)4-11(3-9)7-14/h9-11H,2-8,15H2,1H3. The molecule has 19 heavy (non-hydrogen) atoms. The van der Waals surface area contributed by atoms with E-state index in [0.717, 1.165) is 23.6 Å². The zero-order valence-corrected chi connectivity index (χ0v) is 11.5. The highest BCUT2D eigenvalue weighted by Gasteiger charge is 2.53. The molecule has 1 heterocycles. The number of aromatic nitrogens is 3. The van der Waals surface area contributed by atoms with Crippen molar-refractivity contribution in [3.8, 4) is 6.01 Å². The molecule has 0 atom stereocenters. The topological polar surface area (TPSA) is 66.0 Å². The van der Waals surface area contributed by atoms with Crippen molar-refractivity contribution in [3.63, 3.8) is 0 Å². The van der Waals surface area contributed by atoms with Crippen molar-refractivity contribution in [3.05, 3.63) is 5.82 Å². The first kappa shape index (κ1) is 11.7. The summed E-state index contributed by atoms with van der Waals surface area (Å²) in [5.74, 6) is 3.57. The minimum atomic E-state index is 0.193. The van der Waals surface area contributed by atoms with Crippen molar-refractivity contribution in [2.45, 2.75) is 50.6 Å². The molecule has 4 aliphatic carbocycles. The third-order valence-corrected chi connectivity index (χ3v) is 5.55. The van der Waals surface area contributed by atoms with Crippen LogP contribution in [0.3, 0.4) is 0 Å². The molecule has 1 aromatic heterocycles. The predicted octanol–water partition coefficient (Wildman–Crippen LogP) is 1.67. The van der Waals surface area contributed by atoms with Crippen molar-refractivity contribution in [1.29, 1.82) is 0 Å². The average Bonchev–Trinajstić information content (AvgIpc) is 2.80. The van der Waals surface area contributed by atoms with E-state index in [4.69, 9.17) is 10.5 Å². The van der Waals surface area contributed by atoms with Crippen molar-refractivity contribution < 1.29 is 4.74 Å². The third kappa shape index (κ3) is 1.57. The minimum absolute atomic E-state index is 0.193. The highest BCUT2D eigenvalue weighted by Crippen LogP contribution is 2.59. The SMILES string of the molecule is COc1nnc(CN)n1C12CC3CC(CC(C3)C1)C2. The van der Waals surface area contributed by atoms with Gasteiger partial charge in [-0.25, -0.2) is 0 Å². The van der Waals surface area contributed by atoms with Crippen LogP contribution < -0.4 is 10.5 Å². The summed E-state index contributed by atoms with van der Waals surface area (Å²) in [6.07, 6.45) is 8.09. The van der Waals surface area contributed by atoms with Gasteiger partial charge >= 0.3 is 6.01 Å².